The van der Waals surface area contributed by atoms with Gasteiger partial charge in [-0.05, 0) is 29.7 Å². The minimum atomic E-state index is -0.240. The van der Waals surface area contributed by atoms with E-state index in [0.717, 1.165) is 27.7 Å². The molecule has 2 heterocycles. The molecule has 1 aromatic heterocycles. The fraction of sp³-hybridized carbons (Fsp3) is 0.312. The third kappa shape index (κ3) is 3.12. The van der Waals surface area contributed by atoms with Crippen LogP contribution in [0.15, 0.2) is 36.4 Å². The van der Waals surface area contributed by atoms with Gasteiger partial charge in [0.15, 0.2) is 0 Å². The zero-order valence-corrected chi connectivity index (χ0v) is 13.4. The number of halogens is 1. The lowest BCUT2D eigenvalue weighted by atomic mass is 9.93. The number of nitrogens with zero attached hydrogens (tertiary/aromatic N) is 1. The number of benzene rings is 1. The number of hydrogen-bond donors (Lipinski definition) is 1. The topological polar surface area (TPSA) is 32.3 Å². The summed E-state index contributed by atoms with van der Waals surface area (Å²) in [6, 6.07) is 11.8. The molecular formula is C16H17ClN2OS. The lowest BCUT2D eigenvalue weighted by Gasteiger charge is -2.29. The molecule has 3 nitrogen and oxygen atoms in total. The fourth-order valence-electron chi connectivity index (χ4n) is 2.69. The standard InChI is InChI=1S/C16H17ClN2OS/c1-19(10-12-6-7-14(17)21-12)16(20)15-13-5-3-2-4-11(13)8-9-18-15/h2-7,15,18H,8-10H2,1H3. The fourth-order valence-corrected chi connectivity index (χ4v) is 3.83. The van der Waals surface area contributed by atoms with Gasteiger partial charge in [0.2, 0.25) is 5.91 Å². The third-order valence-electron chi connectivity index (χ3n) is 3.75. The van der Waals surface area contributed by atoms with Gasteiger partial charge in [0.1, 0.15) is 6.04 Å². The highest BCUT2D eigenvalue weighted by atomic mass is 35.5. The molecular weight excluding hydrogens is 304 g/mol. The van der Waals surface area contributed by atoms with Crippen LogP contribution in [0.5, 0.6) is 0 Å². The summed E-state index contributed by atoms with van der Waals surface area (Å²) in [5, 5.41) is 3.33. The maximum absolute atomic E-state index is 12.7. The number of nitrogens with one attached hydrogen (secondary N) is 1. The summed E-state index contributed by atoms with van der Waals surface area (Å²) in [4.78, 5) is 15.6. The van der Waals surface area contributed by atoms with Crippen LogP contribution in [0.25, 0.3) is 0 Å². The van der Waals surface area contributed by atoms with Gasteiger partial charge in [-0.1, -0.05) is 35.9 Å². The van der Waals surface area contributed by atoms with E-state index in [0.29, 0.717) is 6.54 Å². The molecule has 0 saturated carbocycles. The first-order valence-electron chi connectivity index (χ1n) is 6.95. The molecule has 3 rings (SSSR count). The van der Waals surface area contributed by atoms with Gasteiger partial charge in [-0.3, -0.25) is 4.79 Å². The van der Waals surface area contributed by atoms with Crippen LogP contribution in [0.1, 0.15) is 22.0 Å². The number of thiophene rings is 1. The number of fused-ring (bicyclic) bond motifs is 1. The Morgan fingerprint density at radius 3 is 2.95 bits per heavy atom. The lowest BCUT2D eigenvalue weighted by Crippen LogP contribution is -2.41. The smallest absolute Gasteiger partial charge is 0.244 e. The normalized spacial score (nSPS) is 17.3. The highest BCUT2D eigenvalue weighted by molar-refractivity contribution is 7.16. The van der Waals surface area contributed by atoms with E-state index in [1.807, 2.05) is 37.4 Å². The van der Waals surface area contributed by atoms with Crippen molar-refractivity contribution < 1.29 is 4.79 Å². The SMILES string of the molecule is CN(Cc1ccc(Cl)s1)C(=O)C1NCCc2ccccc21. The molecule has 21 heavy (non-hydrogen) atoms. The summed E-state index contributed by atoms with van der Waals surface area (Å²) in [5.74, 6) is 0.103. The molecule has 1 aromatic carbocycles. The molecule has 0 aliphatic carbocycles. The Balaban J connectivity index is 1.76. The molecule has 110 valence electrons. The number of carbonyl (C=O) groups is 1. The monoisotopic (exact) mass is 320 g/mol. The molecule has 0 spiro atoms. The Morgan fingerprint density at radius 1 is 1.38 bits per heavy atom. The number of likely N-dealkylation sites (N-methyl/N-ethyl adjacent to an activating group) is 1. The van der Waals surface area contributed by atoms with Crippen LogP contribution in [0.3, 0.4) is 0 Å². The van der Waals surface area contributed by atoms with Crippen molar-refractivity contribution in [2.45, 2.75) is 19.0 Å². The second-order valence-electron chi connectivity index (χ2n) is 5.24. The van der Waals surface area contributed by atoms with Crippen LogP contribution in [-0.2, 0) is 17.8 Å². The maximum Gasteiger partial charge on any atom is 0.244 e. The molecule has 0 fully saturated rings. The number of carbonyl (C=O) groups excluding carboxylic acids is 1. The minimum absolute atomic E-state index is 0.103. The molecule has 0 saturated heterocycles. The number of hydrogen-bond acceptors (Lipinski definition) is 3. The van der Waals surface area contributed by atoms with Crippen molar-refractivity contribution in [2.75, 3.05) is 13.6 Å². The van der Waals surface area contributed by atoms with Crippen molar-refractivity contribution in [2.24, 2.45) is 0 Å². The maximum atomic E-state index is 12.7. The van der Waals surface area contributed by atoms with Crippen LogP contribution in [0.4, 0.5) is 0 Å². The molecule has 0 bridgehead atoms. The van der Waals surface area contributed by atoms with Gasteiger partial charge >= 0.3 is 0 Å². The van der Waals surface area contributed by atoms with Crippen LogP contribution in [-0.4, -0.2) is 24.4 Å². The quantitative estimate of drug-likeness (QED) is 0.941. The van der Waals surface area contributed by atoms with Crippen molar-refractivity contribution in [3.63, 3.8) is 0 Å². The zero-order valence-electron chi connectivity index (χ0n) is 11.8. The zero-order chi connectivity index (χ0) is 14.8. The molecule has 1 aliphatic rings. The van der Waals surface area contributed by atoms with Crippen molar-refractivity contribution in [1.82, 2.24) is 10.2 Å². The van der Waals surface area contributed by atoms with E-state index in [-0.39, 0.29) is 11.9 Å². The molecule has 1 aliphatic heterocycles. The predicted molar refractivity (Wildman–Crippen MR) is 86.7 cm³/mol. The number of amides is 1. The summed E-state index contributed by atoms with van der Waals surface area (Å²) < 4.78 is 0.756. The third-order valence-corrected chi connectivity index (χ3v) is 4.97. The van der Waals surface area contributed by atoms with Crippen LogP contribution >= 0.6 is 22.9 Å². The second kappa shape index (κ2) is 6.18. The molecule has 5 heteroatoms. The van der Waals surface area contributed by atoms with Crippen molar-refractivity contribution in [1.29, 1.82) is 0 Å². The summed E-state index contributed by atoms with van der Waals surface area (Å²) in [6.07, 6.45) is 0.976. The van der Waals surface area contributed by atoms with Crippen molar-refractivity contribution in [3.8, 4) is 0 Å². The first kappa shape index (κ1) is 14.6. The molecule has 2 aromatic rings. The summed E-state index contributed by atoms with van der Waals surface area (Å²) in [7, 11) is 1.84. The summed E-state index contributed by atoms with van der Waals surface area (Å²) in [6.45, 7) is 1.43. The molecule has 1 atom stereocenters. The van der Waals surface area contributed by atoms with Gasteiger partial charge in [0.05, 0.1) is 10.9 Å². The molecule has 1 unspecified atom stereocenters. The highest BCUT2D eigenvalue weighted by Crippen LogP contribution is 2.26. The van der Waals surface area contributed by atoms with E-state index in [9.17, 15) is 4.79 Å². The van der Waals surface area contributed by atoms with Gasteiger partial charge in [0, 0.05) is 18.5 Å². The number of rotatable bonds is 3. The van der Waals surface area contributed by atoms with E-state index in [2.05, 4.69) is 11.4 Å². The van der Waals surface area contributed by atoms with Gasteiger partial charge in [-0.25, -0.2) is 0 Å². The minimum Gasteiger partial charge on any atom is -0.339 e. The molecule has 0 radical (unpaired) electrons. The lowest BCUT2D eigenvalue weighted by molar-refractivity contribution is -0.133. The Bertz CT molecular complexity index is 655. The van der Waals surface area contributed by atoms with Gasteiger partial charge in [-0.2, -0.15) is 0 Å². The largest absolute Gasteiger partial charge is 0.339 e. The van der Waals surface area contributed by atoms with Gasteiger partial charge < -0.3 is 10.2 Å². The van der Waals surface area contributed by atoms with Crippen LogP contribution in [0, 0.1) is 0 Å². The average molecular weight is 321 g/mol. The van der Waals surface area contributed by atoms with E-state index in [1.54, 1.807) is 4.90 Å². The van der Waals surface area contributed by atoms with E-state index in [4.69, 9.17) is 11.6 Å². The Kier molecular flexibility index (Phi) is 4.29. The predicted octanol–water partition coefficient (Wildman–Crippen LogP) is 3.25. The van der Waals surface area contributed by atoms with Crippen molar-refractivity contribution in [3.05, 3.63) is 56.7 Å². The Labute approximate surface area is 133 Å². The van der Waals surface area contributed by atoms with Crippen LogP contribution < -0.4 is 5.32 Å². The molecule has 1 amide bonds. The average Bonchev–Trinajstić information content (AvgIpc) is 2.91. The van der Waals surface area contributed by atoms with E-state index >= 15 is 0 Å². The summed E-state index contributed by atoms with van der Waals surface area (Å²) >= 11 is 7.46. The second-order valence-corrected chi connectivity index (χ2v) is 7.04. The van der Waals surface area contributed by atoms with Crippen LogP contribution in [0.2, 0.25) is 4.34 Å². The van der Waals surface area contributed by atoms with Crippen molar-refractivity contribution >= 4 is 28.8 Å². The van der Waals surface area contributed by atoms with Gasteiger partial charge in [-0.15, -0.1) is 11.3 Å². The first-order valence-corrected chi connectivity index (χ1v) is 8.15. The van der Waals surface area contributed by atoms with E-state index in [1.165, 1.54) is 16.9 Å². The molecule has 1 N–H and O–H groups in total. The first-order chi connectivity index (χ1) is 10.1. The Hall–Kier alpha value is -1.36. The summed E-state index contributed by atoms with van der Waals surface area (Å²) in [5.41, 5.74) is 2.37. The van der Waals surface area contributed by atoms with E-state index < -0.39 is 0 Å². The highest BCUT2D eigenvalue weighted by Gasteiger charge is 2.28. The Morgan fingerprint density at radius 2 is 2.19 bits per heavy atom. The van der Waals surface area contributed by atoms with Gasteiger partial charge in [0.25, 0.3) is 0 Å².